The van der Waals surface area contributed by atoms with Gasteiger partial charge in [0.1, 0.15) is 10.8 Å². The van der Waals surface area contributed by atoms with Crippen molar-refractivity contribution in [1.82, 2.24) is 4.98 Å². The maximum Gasteiger partial charge on any atom is 0.138 e. The first-order chi connectivity index (χ1) is 7.93. The van der Waals surface area contributed by atoms with E-state index in [4.69, 9.17) is 18.0 Å². The van der Waals surface area contributed by atoms with Gasteiger partial charge in [-0.05, 0) is 30.9 Å². The van der Waals surface area contributed by atoms with Gasteiger partial charge in [0, 0.05) is 19.8 Å². The lowest BCUT2D eigenvalue weighted by Gasteiger charge is -2.22. The number of anilines is 1. The highest BCUT2D eigenvalue weighted by molar-refractivity contribution is 7.80. The van der Waals surface area contributed by atoms with Crippen LogP contribution in [-0.2, 0) is 0 Å². The third-order valence-electron chi connectivity index (χ3n) is 2.79. The maximum absolute atomic E-state index is 5.77. The second-order valence-electron chi connectivity index (χ2n) is 4.79. The molecule has 0 spiro atoms. The summed E-state index contributed by atoms with van der Waals surface area (Å²) < 4.78 is 0. The van der Waals surface area contributed by atoms with Crippen LogP contribution in [0.3, 0.4) is 0 Å². The molecule has 0 saturated carbocycles. The number of hydrogen-bond donors (Lipinski definition) is 1. The van der Waals surface area contributed by atoms with Crippen LogP contribution in [0.15, 0.2) is 12.3 Å². The van der Waals surface area contributed by atoms with Gasteiger partial charge in [-0.1, -0.05) is 26.1 Å². The molecule has 0 aliphatic rings. The Bertz CT molecular complexity index is 402. The summed E-state index contributed by atoms with van der Waals surface area (Å²) in [5, 5.41) is 0. The lowest BCUT2D eigenvalue weighted by molar-refractivity contribution is 0.583. The minimum absolute atomic E-state index is 0.419. The van der Waals surface area contributed by atoms with Crippen molar-refractivity contribution < 1.29 is 0 Å². The summed E-state index contributed by atoms with van der Waals surface area (Å²) in [4.78, 5) is 6.94. The first-order valence-electron chi connectivity index (χ1n) is 5.90. The third kappa shape index (κ3) is 3.66. The van der Waals surface area contributed by atoms with Gasteiger partial charge in [0.15, 0.2) is 0 Å². The Kier molecular flexibility index (Phi) is 4.87. The molecule has 0 atom stereocenters. The van der Waals surface area contributed by atoms with Crippen LogP contribution in [0, 0.1) is 12.8 Å². The highest BCUT2D eigenvalue weighted by atomic mass is 32.1. The molecule has 94 valence electrons. The van der Waals surface area contributed by atoms with E-state index in [-0.39, 0.29) is 0 Å². The van der Waals surface area contributed by atoms with Crippen LogP contribution in [0.4, 0.5) is 5.82 Å². The molecule has 0 radical (unpaired) electrons. The standard InChI is InChI=1S/C13H21N3S/c1-9(2)6-8-16(4)13-11(12(14)17)10(3)5-7-15-13/h5,7,9H,6,8H2,1-4H3,(H2,14,17). The Labute approximate surface area is 109 Å². The van der Waals surface area contributed by atoms with Gasteiger partial charge in [0.25, 0.3) is 0 Å². The Morgan fingerprint density at radius 2 is 2.18 bits per heavy atom. The molecule has 1 aromatic heterocycles. The SMILES string of the molecule is Cc1ccnc(N(C)CCC(C)C)c1C(N)=S. The number of thiocarbonyl (C=S) groups is 1. The summed E-state index contributed by atoms with van der Waals surface area (Å²) in [7, 11) is 2.03. The average molecular weight is 251 g/mol. The molecule has 4 heteroatoms. The average Bonchev–Trinajstić information content (AvgIpc) is 2.24. The lowest BCUT2D eigenvalue weighted by Crippen LogP contribution is -2.25. The van der Waals surface area contributed by atoms with E-state index in [1.54, 1.807) is 6.20 Å². The molecule has 1 aromatic rings. The topological polar surface area (TPSA) is 42.2 Å². The van der Waals surface area contributed by atoms with E-state index in [9.17, 15) is 0 Å². The summed E-state index contributed by atoms with van der Waals surface area (Å²) >= 11 is 5.10. The molecule has 0 saturated heterocycles. The van der Waals surface area contributed by atoms with Gasteiger partial charge in [0.05, 0.1) is 5.56 Å². The molecule has 0 fully saturated rings. The van der Waals surface area contributed by atoms with Gasteiger partial charge in [-0.3, -0.25) is 0 Å². The summed E-state index contributed by atoms with van der Waals surface area (Å²) in [5.74, 6) is 1.56. The lowest BCUT2D eigenvalue weighted by atomic mass is 10.1. The van der Waals surface area contributed by atoms with Crippen LogP contribution in [0.25, 0.3) is 0 Å². The fourth-order valence-corrected chi connectivity index (χ4v) is 1.95. The Morgan fingerprint density at radius 1 is 1.53 bits per heavy atom. The van der Waals surface area contributed by atoms with Crippen LogP contribution in [0.1, 0.15) is 31.4 Å². The van der Waals surface area contributed by atoms with Gasteiger partial charge in [0.2, 0.25) is 0 Å². The number of aryl methyl sites for hydroxylation is 1. The summed E-state index contributed by atoms with van der Waals surface area (Å²) in [6.07, 6.45) is 2.93. The first kappa shape index (κ1) is 13.9. The Balaban J connectivity index is 2.96. The van der Waals surface area contributed by atoms with E-state index < -0.39 is 0 Å². The summed E-state index contributed by atoms with van der Waals surface area (Å²) in [6.45, 7) is 7.40. The largest absolute Gasteiger partial charge is 0.389 e. The van der Waals surface area contributed by atoms with Crippen LogP contribution < -0.4 is 10.6 Å². The molecule has 0 unspecified atom stereocenters. The Hall–Kier alpha value is -1.16. The second kappa shape index (κ2) is 5.96. The Morgan fingerprint density at radius 3 is 2.71 bits per heavy atom. The highest BCUT2D eigenvalue weighted by Crippen LogP contribution is 2.20. The van der Waals surface area contributed by atoms with E-state index in [0.717, 1.165) is 29.9 Å². The summed E-state index contributed by atoms with van der Waals surface area (Å²) in [5.41, 5.74) is 7.75. The molecule has 1 rings (SSSR count). The zero-order valence-electron chi connectivity index (χ0n) is 11.0. The summed E-state index contributed by atoms with van der Waals surface area (Å²) in [6, 6.07) is 1.94. The minimum atomic E-state index is 0.419. The minimum Gasteiger partial charge on any atom is -0.389 e. The molecular formula is C13H21N3S. The van der Waals surface area contributed by atoms with Crippen molar-refractivity contribution in [3.63, 3.8) is 0 Å². The number of rotatable bonds is 5. The van der Waals surface area contributed by atoms with Gasteiger partial charge in [-0.15, -0.1) is 0 Å². The molecule has 0 amide bonds. The van der Waals surface area contributed by atoms with Gasteiger partial charge >= 0.3 is 0 Å². The predicted octanol–water partition coefficient (Wildman–Crippen LogP) is 2.51. The normalized spacial score (nSPS) is 10.6. The van der Waals surface area contributed by atoms with Crippen LogP contribution in [-0.4, -0.2) is 23.6 Å². The monoisotopic (exact) mass is 251 g/mol. The zero-order valence-corrected chi connectivity index (χ0v) is 11.8. The van der Waals surface area contributed by atoms with Crippen LogP contribution in [0.5, 0.6) is 0 Å². The molecule has 3 nitrogen and oxygen atoms in total. The molecule has 2 N–H and O–H groups in total. The fourth-order valence-electron chi connectivity index (χ4n) is 1.70. The number of pyridine rings is 1. The molecule has 1 heterocycles. The molecular weight excluding hydrogens is 230 g/mol. The van der Waals surface area contributed by atoms with Crippen LogP contribution in [0.2, 0.25) is 0 Å². The van der Waals surface area contributed by atoms with Crippen molar-refractivity contribution in [3.05, 3.63) is 23.4 Å². The number of aromatic nitrogens is 1. The van der Waals surface area contributed by atoms with Crippen molar-refractivity contribution in [3.8, 4) is 0 Å². The van der Waals surface area contributed by atoms with Gasteiger partial charge < -0.3 is 10.6 Å². The second-order valence-corrected chi connectivity index (χ2v) is 5.23. The first-order valence-corrected chi connectivity index (χ1v) is 6.30. The van der Waals surface area contributed by atoms with E-state index in [1.165, 1.54) is 0 Å². The zero-order chi connectivity index (χ0) is 13.0. The number of nitrogens with zero attached hydrogens (tertiary/aromatic N) is 2. The van der Waals surface area contributed by atoms with E-state index in [0.29, 0.717) is 10.9 Å². The highest BCUT2D eigenvalue weighted by Gasteiger charge is 2.13. The van der Waals surface area contributed by atoms with Crippen molar-refractivity contribution in [2.45, 2.75) is 27.2 Å². The molecule has 0 aliphatic heterocycles. The quantitative estimate of drug-likeness (QED) is 0.817. The van der Waals surface area contributed by atoms with Crippen molar-refractivity contribution >= 4 is 23.0 Å². The molecule has 0 bridgehead atoms. The van der Waals surface area contributed by atoms with E-state index >= 15 is 0 Å². The van der Waals surface area contributed by atoms with Gasteiger partial charge in [-0.2, -0.15) is 0 Å². The van der Waals surface area contributed by atoms with E-state index in [2.05, 4.69) is 23.7 Å². The van der Waals surface area contributed by atoms with Crippen molar-refractivity contribution in [2.24, 2.45) is 11.7 Å². The molecule has 0 aliphatic carbocycles. The van der Waals surface area contributed by atoms with Crippen LogP contribution >= 0.6 is 12.2 Å². The third-order valence-corrected chi connectivity index (χ3v) is 2.99. The van der Waals surface area contributed by atoms with E-state index in [1.807, 2.05) is 20.0 Å². The molecule has 0 aromatic carbocycles. The van der Waals surface area contributed by atoms with Crippen molar-refractivity contribution in [1.29, 1.82) is 0 Å². The van der Waals surface area contributed by atoms with Crippen molar-refractivity contribution in [2.75, 3.05) is 18.5 Å². The maximum atomic E-state index is 5.77. The number of nitrogens with two attached hydrogens (primary N) is 1. The number of hydrogen-bond acceptors (Lipinski definition) is 3. The fraction of sp³-hybridized carbons (Fsp3) is 0.538. The predicted molar refractivity (Wildman–Crippen MR) is 77.6 cm³/mol. The smallest absolute Gasteiger partial charge is 0.138 e. The molecule has 17 heavy (non-hydrogen) atoms. The van der Waals surface area contributed by atoms with Gasteiger partial charge in [-0.25, -0.2) is 4.98 Å².